The summed E-state index contributed by atoms with van der Waals surface area (Å²) in [6, 6.07) is 11.7. The molecule has 1 N–H and O–H groups in total. The number of hydrogen-bond donors (Lipinski definition) is 1. The van der Waals surface area contributed by atoms with Gasteiger partial charge in [-0.25, -0.2) is 4.79 Å². The molecule has 2 rings (SSSR count). The second-order valence-electron chi connectivity index (χ2n) is 4.11. The molecule has 0 aliphatic rings. The smallest absolute Gasteiger partial charge is 0.341 e. The molecule has 98 valence electrons. The number of pyridine rings is 1. The van der Waals surface area contributed by atoms with Crippen molar-refractivity contribution in [3.05, 3.63) is 59.9 Å². The van der Waals surface area contributed by atoms with Crippen LogP contribution in [-0.4, -0.2) is 22.7 Å². The topological polar surface area (TPSA) is 59.4 Å². The van der Waals surface area contributed by atoms with Gasteiger partial charge in [-0.3, -0.25) is 4.98 Å². The van der Waals surface area contributed by atoms with Crippen molar-refractivity contribution in [2.45, 2.75) is 12.8 Å². The molecule has 0 bridgehead atoms. The molecule has 1 heterocycles. The second kappa shape index (κ2) is 6.54. The van der Waals surface area contributed by atoms with E-state index in [0.29, 0.717) is 12.4 Å². The Bertz CT molecular complexity index is 540. The van der Waals surface area contributed by atoms with E-state index in [9.17, 15) is 4.79 Å². The fourth-order valence-electron chi connectivity index (χ4n) is 1.77. The summed E-state index contributed by atoms with van der Waals surface area (Å²) in [5.41, 5.74) is 1.35. The summed E-state index contributed by atoms with van der Waals surface area (Å²) < 4.78 is 5.50. The molecule has 0 saturated heterocycles. The molecule has 0 unspecified atom stereocenters. The SMILES string of the molecule is O=C(O)c1cnccc1OCCCc1ccccc1. The highest BCUT2D eigenvalue weighted by Gasteiger charge is 2.10. The third kappa shape index (κ3) is 3.81. The van der Waals surface area contributed by atoms with Crippen molar-refractivity contribution in [2.24, 2.45) is 0 Å². The number of nitrogens with zero attached hydrogens (tertiary/aromatic N) is 1. The van der Waals surface area contributed by atoms with E-state index in [2.05, 4.69) is 17.1 Å². The fraction of sp³-hybridized carbons (Fsp3) is 0.200. The van der Waals surface area contributed by atoms with Crippen molar-refractivity contribution in [3.63, 3.8) is 0 Å². The Hall–Kier alpha value is -2.36. The first-order valence-corrected chi connectivity index (χ1v) is 6.11. The molecule has 19 heavy (non-hydrogen) atoms. The number of aryl methyl sites for hydroxylation is 1. The lowest BCUT2D eigenvalue weighted by molar-refractivity contribution is 0.0691. The number of aromatic nitrogens is 1. The molecule has 0 spiro atoms. The Morgan fingerprint density at radius 3 is 2.74 bits per heavy atom. The summed E-state index contributed by atoms with van der Waals surface area (Å²) in [5, 5.41) is 8.98. The van der Waals surface area contributed by atoms with Crippen LogP contribution in [0.4, 0.5) is 0 Å². The summed E-state index contributed by atoms with van der Waals surface area (Å²) in [6.45, 7) is 0.485. The van der Waals surface area contributed by atoms with Gasteiger partial charge in [0.1, 0.15) is 11.3 Å². The molecular formula is C15H15NO3. The van der Waals surface area contributed by atoms with Gasteiger partial charge in [0.2, 0.25) is 0 Å². The highest BCUT2D eigenvalue weighted by molar-refractivity contribution is 5.90. The number of hydrogen-bond acceptors (Lipinski definition) is 3. The van der Waals surface area contributed by atoms with Crippen molar-refractivity contribution in [3.8, 4) is 5.75 Å². The second-order valence-corrected chi connectivity index (χ2v) is 4.11. The average Bonchev–Trinajstić information content (AvgIpc) is 2.45. The van der Waals surface area contributed by atoms with Crippen LogP contribution >= 0.6 is 0 Å². The number of carboxylic acids is 1. The van der Waals surface area contributed by atoms with Gasteiger partial charge in [-0.1, -0.05) is 30.3 Å². The summed E-state index contributed by atoms with van der Waals surface area (Å²) in [6.07, 6.45) is 4.58. The standard InChI is InChI=1S/C15H15NO3/c17-15(18)13-11-16-9-8-14(13)19-10-4-7-12-5-2-1-3-6-12/h1-3,5-6,8-9,11H,4,7,10H2,(H,17,18). The van der Waals surface area contributed by atoms with Crippen molar-refractivity contribution >= 4 is 5.97 Å². The van der Waals surface area contributed by atoms with E-state index in [4.69, 9.17) is 9.84 Å². The Labute approximate surface area is 111 Å². The monoisotopic (exact) mass is 257 g/mol. The molecule has 1 aromatic heterocycles. The lowest BCUT2D eigenvalue weighted by atomic mass is 10.1. The third-order valence-corrected chi connectivity index (χ3v) is 2.72. The van der Waals surface area contributed by atoms with Crippen LogP contribution in [0.15, 0.2) is 48.8 Å². The van der Waals surface area contributed by atoms with E-state index in [1.165, 1.54) is 18.0 Å². The Balaban J connectivity index is 1.85. The maximum Gasteiger partial charge on any atom is 0.341 e. The van der Waals surface area contributed by atoms with Crippen molar-refractivity contribution < 1.29 is 14.6 Å². The summed E-state index contributed by atoms with van der Waals surface area (Å²) in [4.78, 5) is 14.7. The maximum absolute atomic E-state index is 11.0. The number of benzene rings is 1. The van der Waals surface area contributed by atoms with E-state index < -0.39 is 5.97 Å². The highest BCUT2D eigenvalue weighted by Crippen LogP contribution is 2.16. The summed E-state index contributed by atoms with van der Waals surface area (Å²) in [7, 11) is 0. The molecule has 0 fully saturated rings. The van der Waals surface area contributed by atoms with Crippen LogP contribution in [0.25, 0.3) is 0 Å². The van der Waals surface area contributed by atoms with Gasteiger partial charge in [-0.05, 0) is 24.5 Å². The lowest BCUT2D eigenvalue weighted by Gasteiger charge is -2.08. The average molecular weight is 257 g/mol. The predicted octanol–water partition coefficient (Wildman–Crippen LogP) is 2.79. The summed E-state index contributed by atoms with van der Waals surface area (Å²) in [5.74, 6) is -0.651. The lowest BCUT2D eigenvalue weighted by Crippen LogP contribution is -2.05. The van der Waals surface area contributed by atoms with E-state index >= 15 is 0 Å². The molecule has 1 aromatic carbocycles. The molecule has 0 aliphatic carbocycles. The van der Waals surface area contributed by atoms with Crippen LogP contribution in [0.5, 0.6) is 5.75 Å². The Morgan fingerprint density at radius 2 is 2.00 bits per heavy atom. The maximum atomic E-state index is 11.0. The van der Waals surface area contributed by atoms with Crippen molar-refractivity contribution in [2.75, 3.05) is 6.61 Å². The minimum absolute atomic E-state index is 0.0993. The molecule has 0 amide bonds. The van der Waals surface area contributed by atoms with E-state index in [1.54, 1.807) is 6.07 Å². The Morgan fingerprint density at radius 1 is 1.21 bits per heavy atom. The number of carbonyl (C=O) groups is 1. The first kappa shape index (κ1) is 13.1. The van der Waals surface area contributed by atoms with E-state index in [0.717, 1.165) is 12.8 Å². The van der Waals surface area contributed by atoms with Crippen LogP contribution in [-0.2, 0) is 6.42 Å². The molecular weight excluding hydrogens is 242 g/mol. The van der Waals surface area contributed by atoms with Gasteiger partial charge >= 0.3 is 5.97 Å². The largest absolute Gasteiger partial charge is 0.493 e. The molecule has 4 nitrogen and oxygen atoms in total. The third-order valence-electron chi connectivity index (χ3n) is 2.72. The zero-order valence-electron chi connectivity index (χ0n) is 10.5. The van der Waals surface area contributed by atoms with E-state index in [-0.39, 0.29) is 5.56 Å². The number of rotatable bonds is 6. The quantitative estimate of drug-likeness (QED) is 0.808. The molecule has 0 atom stereocenters. The van der Waals surface area contributed by atoms with Gasteiger partial charge in [0, 0.05) is 12.4 Å². The van der Waals surface area contributed by atoms with Gasteiger partial charge in [0.15, 0.2) is 0 Å². The first-order valence-electron chi connectivity index (χ1n) is 6.11. The van der Waals surface area contributed by atoms with Crippen LogP contribution in [0.1, 0.15) is 22.3 Å². The fourth-order valence-corrected chi connectivity index (χ4v) is 1.77. The van der Waals surface area contributed by atoms with Crippen LogP contribution in [0, 0.1) is 0 Å². The number of ether oxygens (including phenoxy) is 1. The number of carboxylic acid groups (broad SMARTS) is 1. The molecule has 0 saturated carbocycles. The molecule has 0 radical (unpaired) electrons. The van der Waals surface area contributed by atoms with Gasteiger partial charge in [-0.15, -0.1) is 0 Å². The van der Waals surface area contributed by atoms with Crippen LogP contribution in [0.3, 0.4) is 0 Å². The van der Waals surface area contributed by atoms with Crippen LogP contribution < -0.4 is 4.74 Å². The summed E-state index contributed by atoms with van der Waals surface area (Å²) >= 11 is 0. The minimum Gasteiger partial charge on any atom is -0.493 e. The van der Waals surface area contributed by atoms with Crippen molar-refractivity contribution in [1.29, 1.82) is 0 Å². The van der Waals surface area contributed by atoms with Crippen LogP contribution in [0.2, 0.25) is 0 Å². The molecule has 2 aromatic rings. The van der Waals surface area contributed by atoms with Gasteiger partial charge in [0.05, 0.1) is 6.61 Å². The van der Waals surface area contributed by atoms with E-state index in [1.807, 2.05) is 18.2 Å². The zero-order chi connectivity index (χ0) is 13.5. The molecule has 4 heteroatoms. The number of aromatic carboxylic acids is 1. The zero-order valence-corrected chi connectivity index (χ0v) is 10.5. The highest BCUT2D eigenvalue weighted by atomic mass is 16.5. The van der Waals surface area contributed by atoms with Gasteiger partial charge < -0.3 is 9.84 Å². The normalized spacial score (nSPS) is 10.1. The minimum atomic E-state index is -1.02. The van der Waals surface area contributed by atoms with Gasteiger partial charge in [0.25, 0.3) is 0 Å². The van der Waals surface area contributed by atoms with Gasteiger partial charge in [-0.2, -0.15) is 0 Å². The predicted molar refractivity (Wildman–Crippen MR) is 71.5 cm³/mol. The Kier molecular flexibility index (Phi) is 4.50. The molecule has 0 aliphatic heterocycles. The van der Waals surface area contributed by atoms with Crippen molar-refractivity contribution in [1.82, 2.24) is 4.98 Å². The first-order chi connectivity index (χ1) is 9.27.